The van der Waals surface area contributed by atoms with Crippen LogP contribution < -0.4 is 9.47 Å². The van der Waals surface area contributed by atoms with Crippen molar-refractivity contribution in [2.45, 2.75) is 13.2 Å². The summed E-state index contributed by atoms with van der Waals surface area (Å²) in [4.78, 5) is 3.00. The standard InChI is InChI=1S/C12H9F2NO2/c1-7-5-8(6-15-7)9-3-2-4-10-11(9)17-12(13,14)16-10/h2-6,15H,1H3. The van der Waals surface area contributed by atoms with E-state index in [1.54, 1.807) is 18.3 Å². The third-order valence-electron chi connectivity index (χ3n) is 2.57. The highest BCUT2D eigenvalue weighted by Gasteiger charge is 2.44. The molecule has 0 unspecified atom stereocenters. The lowest BCUT2D eigenvalue weighted by Gasteiger charge is -2.05. The number of nitrogens with one attached hydrogen (secondary N) is 1. The van der Waals surface area contributed by atoms with Gasteiger partial charge in [0.1, 0.15) is 0 Å². The van der Waals surface area contributed by atoms with Gasteiger partial charge in [0.2, 0.25) is 0 Å². The van der Waals surface area contributed by atoms with Gasteiger partial charge in [0.25, 0.3) is 0 Å². The van der Waals surface area contributed by atoms with Crippen molar-refractivity contribution in [3.05, 3.63) is 36.2 Å². The van der Waals surface area contributed by atoms with Gasteiger partial charge in [-0.05, 0) is 19.1 Å². The summed E-state index contributed by atoms with van der Waals surface area (Å²) in [7, 11) is 0. The Morgan fingerprint density at radius 2 is 2.06 bits per heavy atom. The number of hydrogen-bond donors (Lipinski definition) is 1. The summed E-state index contributed by atoms with van der Waals surface area (Å²) in [6.07, 6.45) is -1.84. The van der Waals surface area contributed by atoms with Crippen molar-refractivity contribution in [3.63, 3.8) is 0 Å². The molecule has 1 aromatic heterocycles. The van der Waals surface area contributed by atoms with Crippen molar-refractivity contribution < 1.29 is 18.3 Å². The number of aromatic nitrogens is 1. The van der Waals surface area contributed by atoms with Crippen LogP contribution in [0.2, 0.25) is 0 Å². The molecule has 0 atom stereocenters. The van der Waals surface area contributed by atoms with Gasteiger partial charge in [-0.2, -0.15) is 0 Å². The number of rotatable bonds is 1. The number of aryl methyl sites for hydroxylation is 1. The Morgan fingerprint density at radius 1 is 1.24 bits per heavy atom. The van der Waals surface area contributed by atoms with Crippen molar-refractivity contribution in [2.24, 2.45) is 0 Å². The predicted octanol–water partition coefficient (Wildman–Crippen LogP) is 3.31. The average Bonchev–Trinajstić information content (AvgIpc) is 2.78. The van der Waals surface area contributed by atoms with Crippen LogP contribution in [0.5, 0.6) is 11.5 Å². The summed E-state index contributed by atoms with van der Waals surface area (Å²) in [5.74, 6) is 0.142. The fourth-order valence-corrected chi connectivity index (χ4v) is 1.86. The lowest BCUT2D eigenvalue weighted by atomic mass is 10.1. The Hall–Kier alpha value is -2.04. The van der Waals surface area contributed by atoms with E-state index < -0.39 is 6.29 Å². The number of fused-ring (bicyclic) bond motifs is 1. The molecule has 17 heavy (non-hydrogen) atoms. The third-order valence-corrected chi connectivity index (χ3v) is 2.57. The summed E-state index contributed by atoms with van der Waals surface area (Å²) >= 11 is 0. The van der Waals surface area contributed by atoms with E-state index in [0.29, 0.717) is 5.56 Å². The lowest BCUT2D eigenvalue weighted by molar-refractivity contribution is -0.286. The first-order valence-electron chi connectivity index (χ1n) is 5.09. The van der Waals surface area contributed by atoms with Gasteiger partial charge in [0.05, 0.1) is 0 Å². The van der Waals surface area contributed by atoms with E-state index in [2.05, 4.69) is 14.5 Å². The van der Waals surface area contributed by atoms with Crippen LogP contribution in [0.25, 0.3) is 11.1 Å². The molecule has 0 fully saturated rings. The number of ether oxygens (including phenoxy) is 2. The smallest absolute Gasteiger partial charge is 0.395 e. The highest BCUT2D eigenvalue weighted by atomic mass is 19.3. The van der Waals surface area contributed by atoms with Crippen LogP contribution in [0, 0.1) is 6.92 Å². The zero-order valence-electron chi connectivity index (χ0n) is 8.96. The third kappa shape index (κ3) is 1.63. The Kier molecular flexibility index (Phi) is 1.92. The topological polar surface area (TPSA) is 34.2 Å². The van der Waals surface area contributed by atoms with Gasteiger partial charge >= 0.3 is 6.29 Å². The van der Waals surface area contributed by atoms with E-state index in [9.17, 15) is 8.78 Å². The highest BCUT2D eigenvalue weighted by molar-refractivity contribution is 5.74. The van der Waals surface area contributed by atoms with Crippen molar-refractivity contribution >= 4 is 0 Å². The summed E-state index contributed by atoms with van der Waals surface area (Å²) in [5.41, 5.74) is 2.33. The van der Waals surface area contributed by atoms with Crippen molar-refractivity contribution in [1.29, 1.82) is 0 Å². The summed E-state index contributed by atoms with van der Waals surface area (Å²) < 4.78 is 34.9. The minimum atomic E-state index is -3.58. The molecule has 1 aliphatic heterocycles. The van der Waals surface area contributed by atoms with E-state index in [-0.39, 0.29) is 11.5 Å². The molecule has 1 aliphatic rings. The van der Waals surface area contributed by atoms with E-state index in [1.165, 1.54) is 6.07 Å². The molecule has 0 saturated carbocycles. The van der Waals surface area contributed by atoms with Crippen LogP contribution in [-0.2, 0) is 0 Å². The molecule has 1 N–H and O–H groups in total. The molecule has 0 saturated heterocycles. The molecule has 0 amide bonds. The van der Waals surface area contributed by atoms with E-state index in [0.717, 1.165) is 11.3 Å². The Morgan fingerprint density at radius 3 is 2.76 bits per heavy atom. The molecule has 88 valence electrons. The van der Waals surface area contributed by atoms with Crippen LogP contribution in [0.15, 0.2) is 30.5 Å². The first-order chi connectivity index (χ1) is 8.05. The highest BCUT2D eigenvalue weighted by Crippen LogP contribution is 2.46. The van der Waals surface area contributed by atoms with Gasteiger partial charge in [-0.15, -0.1) is 8.78 Å². The van der Waals surface area contributed by atoms with E-state index in [1.807, 2.05) is 13.0 Å². The zero-order valence-corrected chi connectivity index (χ0v) is 8.96. The monoisotopic (exact) mass is 237 g/mol. The fraction of sp³-hybridized carbons (Fsp3) is 0.167. The Bertz CT molecular complexity index is 578. The number of hydrogen-bond acceptors (Lipinski definition) is 2. The SMILES string of the molecule is Cc1cc(-c2cccc3c2OC(F)(F)O3)c[nH]1. The molecular weight excluding hydrogens is 228 g/mol. The van der Waals surface area contributed by atoms with Gasteiger partial charge in [-0.1, -0.05) is 12.1 Å². The van der Waals surface area contributed by atoms with Crippen molar-refractivity contribution in [2.75, 3.05) is 0 Å². The molecule has 0 aliphatic carbocycles. The first-order valence-corrected chi connectivity index (χ1v) is 5.09. The molecular formula is C12H9F2NO2. The molecule has 3 rings (SSSR count). The molecule has 3 nitrogen and oxygen atoms in total. The predicted molar refractivity (Wildman–Crippen MR) is 57.2 cm³/mol. The van der Waals surface area contributed by atoms with Crippen LogP contribution in [0.4, 0.5) is 8.78 Å². The van der Waals surface area contributed by atoms with Crippen LogP contribution in [0.1, 0.15) is 5.69 Å². The zero-order chi connectivity index (χ0) is 12.0. The van der Waals surface area contributed by atoms with Crippen LogP contribution in [-0.4, -0.2) is 11.3 Å². The van der Waals surface area contributed by atoms with Crippen LogP contribution in [0.3, 0.4) is 0 Å². The molecule has 2 aromatic rings. The summed E-state index contributed by atoms with van der Waals surface area (Å²) in [6, 6.07) is 6.68. The van der Waals surface area contributed by atoms with Crippen molar-refractivity contribution in [3.8, 4) is 22.6 Å². The number of H-pyrrole nitrogens is 1. The Labute approximate surface area is 96.0 Å². The van der Waals surface area contributed by atoms with E-state index in [4.69, 9.17) is 0 Å². The molecule has 1 aromatic carbocycles. The van der Waals surface area contributed by atoms with Gasteiger partial charge in [0.15, 0.2) is 11.5 Å². The molecule has 2 heterocycles. The van der Waals surface area contributed by atoms with Gasteiger partial charge in [-0.3, -0.25) is 0 Å². The summed E-state index contributed by atoms with van der Waals surface area (Å²) in [5, 5.41) is 0. The normalized spacial score (nSPS) is 16.2. The maximum absolute atomic E-state index is 13.0. The molecule has 0 radical (unpaired) electrons. The minimum Gasteiger partial charge on any atom is -0.395 e. The van der Waals surface area contributed by atoms with Crippen LogP contribution >= 0.6 is 0 Å². The number of para-hydroxylation sites is 1. The van der Waals surface area contributed by atoms with Gasteiger partial charge in [0, 0.05) is 23.0 Å². The lowest BCUT2D eigenvalue weighted by Crippen LogP contribution is -2.26. The second-order valence-electron chi connectivity index (χ2n) is 3.87. The largest absolute Gasteiger partial charge is 0.586 e. The maximum atomic E-state index is 13.0. The fourth-order valence-electron chi connectivity index (χ4n) is 1.86. The number of benzene rings is 1. The van der Waals surface area contributed by atoms with E-state index >= 15 is 0 Å². The number of aromatic amines is 1. The molecule has 0 spiro atoms. The molecule has 5 heteroatoms. The second kappa shape index (κ2) is 3.23. The van der Waals surface area contributed by atoms with Gasteiger partial charge < -0.3 is 14.5 Å². The van der Waals surface area contributed by atoms with Crippen molar-refractivity contribution in [1.82, 2.24) is 4.98 Å². The summed E-state index contributed by atoms with van der Waals surface area (Å²) in [6.45, 7) is 1.89. The number of alkyl halides is 2. The minimum absolute atomic E-state index is 0.0614. The maximum Gasteiger partial charge on any atom is 0.586 e. The Balaban J connectivity index is 2.12. The average molecular weight is 237 g/mol. The second-order valence-corrected chi connectivity index (χ2v) is 3.87. The van der Waals surface area contributed by atoms with Gasteiger partial charge in [-0.25, -0.2) is 0 Å². The quantitative estimate of drug-likeness (QED) is 0.825. The first kappa shape index (κ1) is 10.1. The number of halogens is 2. The molecule has 0 bridgehead atoms.